The van der Waals surface area contributed by atoms with Crippen LogP contribution in [0.5, 0.6) is 11.5 Å². The van der Waals surface area contributed by atoms with Crippen molar-refractivity contribution < 1.29 is 9.47 Å². The molecule has 0 aliphatic carbocycles. The minimum absolute atomic E-state index is 0.173. The van der Waals surface area contributed by atoms with Crippen molar-refractivity contribution in [2.24, 2.45) is 0 Å². The standard InChI is InChI=1S/C9H6N2O3/c12-9-5-1-2-6-8(14-4-13-6)7(5)10-3-11-9/h1-3H,4H2,(H,10,11,12). The molecule has 0 fully saturated rings. The molecule has 1 aromatic heterocycles. The Bertz CT molecular complexity index is 561. The number of aromatic nitrogens is 2. The van der Waals surface area contributed by atoms with Gasteiger partial charge in [0.1, 0.15) is 5.52 Å². The highest BCUT2D eigenvalue weighted by Crippen LogP contribution is 2.36. The van der Waals surface area contributed by atoms with E-state index in [1.54, 1.807) is 12.1 Å². The molecule has 2 heterocycles. The van der Waals surface area contributed by atoms with Crippen LogP contribution in [-0.2, 0) is 0 Å². The molecule has 1 N–H and O–H groups in total. The lowest BCUT2D eigenvalue weighted by molar-refractivity contribution is 0.174. The predicted molar refractivity (Wildman–Crippen MR) is 48.5 cm³/mol. The summed E-state index contributed by atoms with van der Waals surface area (Å²) in [5.74, 6) is 1.18. The van der Waals surface area contributed by atoms with Crippen LogP contribution in [0.15, 0.2) is 23.3 Å². The second kappa shape index (κ2) is 2.47. The van der Waals surface area contributed by atoms with Gasteiger partial charge in [-0.25, -0.2) is 4.98 Å². The highest BCUT2D eigenvalue weighted by molar-refractivity contribution is 5.86. The zero-order valence-electron chi connectivity index (χ0n) is 7.11. The summed E-state index contributed by atoms with van der Waals surface area (Å²) in [6, 6.07) is 3.39. The van der Waals surface area contributed by atoms with Crippen LogP contribution in [0.3, 0.4) is 0 Å². The fraction of sp³-hybridized carbons (Fsp3) is 0.111. The van der Waals surface area contributed by atoms with Crippen molar-refractivity contribution in [3.05, 3.63) is 28.8 Å². The van der Waals surface area contributed by atoms with Crippen molar-refractivity contribution in [3.8, 4) is 11.5 Å². The molecule has 0 atom stereocenters. The number of H-pyrrole nitrogens is 1. The molecule has 0 spiro atoms. The second-order valence-corrected chi connectivity index (χ2v) is 2.93. The number of nitrogens with zero attached hydrogens (tertiary/aromatic N) is 1. The molecule has 2 aromatic rings. The van der Waals surface area contributed by atoms with Crippen LogP contribution in [0.1, 0.15) is 0 Å². The minimum Gasteiger partial charge on any atom is -0.454 e. The molecular weight excluding hydrogens is 184 g/mol. The molecule has 0 amide bonds. The van der Waals surface area contributed by atoms with Crippen LogP contribution in [0.25, 0.3) is 10.9 Å². The lowest BCUT2D eigenvalue weighted by Crippen LogP contribution is -2.06. The summed E-state index contributed by atoms with van der Waals surface area (Å²) >= 11 is 0. The van der Waals surface area contributed by atoms with Crippen molar-refractivity contribution in [1.82, 2.24) is 9.97 Å². The van der Waals surface area contributed by atoms with E-state index in [9.17, 15) is 4.79 Å². The zero-order valence-corrected chi connectivity index (χ0v) is 7.11. The number of fused-ring (bicyclic) bond motifs is 3. The molecule has 14 heavy (non-hydrogen) atoms. The Hall–Kier alpha value is -2.04. The molecule has 1 aliphatic rings. The van der Waals surface area contributed by atoms with Gasteiger partial charge in [0.15, 0.2) is 11.5 Å². The van der Waals surface area contributed by atoms with E-state index in [-0.39, 0.29) is 12.4 Å². The third-order valence-corrected chi connectivity index (χ3v) is 2.15. The first kappa shape index (κ1) is 7.37. The maximum Gasteiger partial charge on any atom is 0.258 e. The molecule has 0 saturated heterocycles. The van der Waals surface area contributed by atoms with Crippen LogP contribution >= 0.6 is 0 Å². The Labute approximate surface area is 78.3 Å². The Morgan fingerprint density at radius 3 is 3.21 bits per heavy atom. The first-order chi connectivity index (χ1) is 6.86. The Morgan fingerprint density at radius 2 is 2.29 bits per heavy atom. The molecule has 0 radical (unpaired) electrons. The summed E-state index contributed by atoms with van der Waals surface area (Å²) in [5.41, 5.74) is 0.372. The van der Waals surface area contributed by atoms with Gasteiger partial charge in [0.25, 0.3) is 5.56 Å². The predicted octanol–water partition coefficient (Wildman–Crippen LogP) is 0.652. The molecule has 0 bridgehead atoms. The van der Waals surface area contributed by atoms with E-state index in [2.05, 4.69) is 9.97 Å². The summed E-state index contributed by atoms with van der Waals surface area (Å²) in [7, 11) is 0. The lowest BCUT2D eigenvalue weighted by atomic mass is 10.2. The first-order valence-electron chi connectivity index (χ1n) is 4.12. The summed E-state index contributed by atoms with van der Waals surface area (Å²) in [6.07, 6.45) is 1.35. The third kappa shape index (κ3) is 0.834. The van der Waals surface area contributed by atoms with Gasteiger partial charge in [0.05, 0.1) is 11.7 Å². The van der Waals surface area contributed by atoms with Gasteiger partial charge in [-0.1, -0.05) is 0 Å². The Kier molecular flexibility index (Phi) is 1.30. The van der Waals surface area contributed by atoms with Crippen LogP contribution in [0.4, 0.5) is 0 Å². The molecular formula is C9H6N2O3. The van der Waals surface area contributed by atoms with E-state index in [4.69, 9.17) is 9.47 Å². The van der Waals surface area contributed by atoms with Gasteiger partial charge < -0.3 is 14.5 Å². The topological polar surface area (TPSA) is 64.2 Å². The quantitative estimate of drug-likeness (QED) is 0.662. The highest BCUT2D eigenvalue weighted by Gasteiger charge is 2.18. The van der Waals surface area contributed by atoms with Crippen LogP contribution in [0, 0.1) is 0 Å². The van der Waals surface area contributed by atoms with Crippen molar-refractivity contribution in [1.29, 1.82) is 0 Å². The molecule has 0 saturated carbocycles. The van der Waals surface area contributed by atoms with Gasteiger partial charge in [-0.2, -0.15) is 0 Å². The van der Waals surface area contributed by atoms with Crippen molar-refractivity contribution >= 4 is 10.9 Å². The number of nitrogens with one attached hydrogen (secondary N) is 1. The fourth-order valence-corrected chi connectivity index (χ4v) is 1.50. The van der Waals surface area contributed by atoms with E-state index < -0.39 is 0 Å². The maximum atomic E-state index is 11.4. The summed E-state index contributed by atoms with van der Waals surface area (Å²) < 4.78 is 10.4. The number of hydrogen-bond acceptors (Lipinski definition) is 4. The summed E-state index contributed by atoms with van der Waals surface area (Å²) in [6.45, 7) is 0.183. The SMILES string of the molecule is O=c1[nH]cnc2c3c(ccc12)OCO3. The number of hydrogen-bond donors (Lipinski definition) is 1. The molecule has 1 aliphatic heterocycles. The van der Waals surface area contributed by atoms with Gasteiger partial charge in [-0.05, 0) is 12.1 Å². The molecule has 5 heteroatoms. The third-order valence-electron chi connectivity index (χ3n) is 2.15. The monoisotopic (exact) mass is 190 g/mol. The smallest absolute Gasteiger partial charge is 0.258 e. The Morgan fingerprint density at radius 1 is 1.36 bits per heavy atom. The summed E-state index contributed by atoms with van der Waals surface area (Å²) in [5, 5.41) is 0.511. The molecule has 70 valence electrons. The van der Waals surface area contributed by atoms with Crippen molar-refractivity contribution in [2.75, 3.05) is 6.79 Å². The van der Waals surface area contributed by atoms with Gasteiger partial charge >= 0.3 is 0 Å². The highest BCUT2D eigenvalue weighted by atomic mass is 16.7. The van der Waals surface area contributed by atoms with Gasteiger partial charge in [-0.3, -0.25) is 4.79 Å². The van der Waals surface area contributed by atoms with E-state index in [0.717, 1.165) is 0 Å². The molecule has 5 nitrogen and oxygen atoms in total. The summed E-state index contributed by atoms with van der Waals surface area (Å²) in [4.78, 5) is 17.9. The minimum atomic E-state index is -0.173. The number of ether oxygens (including phenoxy) is 2. The maximum absolute atomic E-state index is 11.4. The van der Waals surface area contributed by atoms with Gasteiger partial charge in [-0.15, -0.1) is 0 Å². The number of rotatable bonds is 0. The van der Waals surface area contributed by atoms with E-state index >= 15 is 0 Å². The normalized spacial score (nSPS) is 13.4. The lowest BCUT2D eigenvalue weighted by Gasteiger charge is -1.99. The van der Waals surface area contributed by atoms with Crippen LogP contribution < -0.4 is 15.0 Å². The first-order valence-corrected chi connectivity index (χ1v) is 4.12. The average molecular weight is 190 g/mol. The Balaban J connectivity index is 2.50. The number of aromatic amines is 1. The van der Waals surface area contributed by atoms with E-state index in [1.807, 2.05) is 0 Å². The fourth-order valence-electron chi connectivity index (χ4n) is 1.50. The zero-order chi connectivity index (χ0) is 9.54. The van der Waals surface area contributed by atoms with E-state index in [1.165, 1.54) is 6.33 Å². The molecule has 1 aromatic carbocycles. The molecule has 0 unspecified atom stereocenters. The van der Waals surface area contributed by atoms with E-state index in [0.29, 0.717) is 22.4 Å². The van der Waals surface area contributed by atoms with Crippen molar-refractivity contribution in [2.45, 2.75) is 0 Å². The van der Waals surface area contributed by atoms with Gasteiger partial charge in [0.2, 0.25) is 6.79 Å². The van der Waals surface area contributed by atoms with Gasteiger partial charge in [0, 0.05) is 0 Å². The van der Waals surface area contributed by atoms with Crippen LogP contribution in [0.2, 0.25) is 0 Å². The van der Waals surface area contributed by atoms with Crippen molar-refractivity contribution in [3.63, 3.8) is 0 Å². The number of benzene rings is 1. The second-order valence-electron chi connectivity index (χ2n) is 2.93. The largest absolute Gasteiger partial charge is 0.454 e. The molecule has 3 rings (SSSR count). The average Bonchev–Trinajstić information content (AvgIpc) is 2.66. The van der Waals surface area contributed by atoms with Crippen LogP contribution in [-0.4, -0.2) is 16.8 Å².